The zero-order valence-electron chi connectivity index (χ0n) is 6.39. The number of hydrogen-bond acceptors (Lipinski definition) is 1. The van der Waals surface area contributed by atoms with Crippen LogP contribution in [0.5, 0.6) is 0 Å². The average Bonchev–Trinajstić information content (AvgIpc) is 2.08. The molecule has 0 spiro atoms. The maximum atomic E-state index is 13.1. The van der Waals surface area contributed by atoms with Gasteiger partial charge in [0.15, 0.2) is 0 Å². The molecule has 1 heterocycles. The Morgan fingerprint density at radius 1 is 1.31 bits per heavy atom. The highest BCUT2D eigenvalue weighted by molar-refractivity contribution is 14.1. The van der Waals surface area contributed by atoms with Gasteiger partial charge in [-0.15, -0.1) is 0 Å². The van der Waals surface area contributed by atoms with Crippen LogP contribution < -0.4 is 0 Å². The molecule has 0 atom stereocenters. The molecule has 0 saturated heterocycles. The summed E-state index contributed by atoms with van der Waals surface area (Å²) in [4.78, 5) is 4.16. The highest BCUT2D eigenvalue weighted by Gasteiger charge is 2.02. The summed E-state index contributed by atoms with van der Waals surface area (Å²) in [7, 11) is 0. The normalized spacial score (nSPS) is 10.7. The molecule has 0 aliphatic heterocycles. The van der Waals surface area contributed by atoms with Gasteiger partial charge in [-0.1, -0.05) is 0 Å². The molecule has 0 bridgehead atoms. The van der Waals surface area contributed by atoms with Gasteiger partial charge in [0.1, 0.15) is 5.82 Å². The molecular formula is C9H4BrFIN. The van der Waals surface area contributed by atoms with Crippen molar-refractivity contribution in [1.29, 1.82) is 0 Å². The van der Waals surface area contributed by atoms with Crippen LogP contribution in [0.1, 0.15) is 0 Å². The summed E-state index contributed by atoms with van der Waals surface area (Å²) in [6.07, 6.45) is 1.70. The maximum Gasteiger partial charge on any atom is 0.137 e. The number of hydrogen-bond donors (Lipinski definition) is 0. The fourth-order valence-electron chi connectivity index (χ4n) is 1.10. The Balaban J connectivity index is 2.81. The minimum atomic E-state index is -0.201. The Hall–Kier alpha value is -0.230. The first kappa shape index (κ1) is 9.33. The molecule has 0 N–H and O–H groups in total. The second-order valence-electron chi connectivity index (χ2n) is 2.61. The molecule has 2 rings (SSSR count). The predicted octanol–water partition coefficient (Wildman–Crippen LogP) is 3.74. The van der Waals surface area contributed by atoms with E-state index < -0.39 is 0 Å². The van der Waals surface area contributed by atoms with Crippen LogP contribution in [0, 0.1) is 9.39 Å². The van der Waals surface area contributed by atoms with E-state index in [1.807, 2.05) is 28.7 Å². The molecule has 66 valence electrons. The molecule has 1 nitrogen and oxygen atoms in total. The molecule has 13 heavy (non-hydrogen) atoms. The van der Waals surface area contributed by atoms with Crippen LogP contribution in [-0.2, 0) is 0 Å². The van der Waals surface area contributed by atoms with Crippen LogP contribution in [0.3, 0.4) is 0 Å². The minimum Gasteiger partial charge on any atom is -0.255 e. The molecule has 4 heteroatoms. The van der Waals surface area contributed by atoms with E-state index in [2.05, 4.69) is 20.9 Å². The lowest BCUT2D eigenvalue weighted by Gasteiger charge is -1.99. The van der Waals surface area contributed by atoms with E-state index in [0.717, 1.165) is 15.4 Å². The van der Waals surface area contributed by atoms with Gasteiger partial charge in [0.2, 0.25) is 0 Å². The molecule has 0 unspecified atom stereocenters. The molecule has 0 fully saturated rings. The quantitative estimate of drug-likeness (QED) is 0.659. The zero-order valence-corrected chi connectivity index (χ0v) is 10.1. The lowest BCUT2D eigenvalue weighted by molar-refractivity contribution is 0.622. The fraction of sp³-hybridized carbons (Fsp3) is 0. The zero-order chi connectivity index (χ0) is 9.42. The molecule has 2 aromatic rings. The van der Waals surface area contributed by atoms with Gasteiger partial charge in [0.25, 0.3) is 0 Å². The standard InChI is InChI=1S/C9H4BrFIN/c10-6-1-5-2-7(11)8(12)3-9(5)13-4-6/h1-4H. The number of benzene rings is 1. The van der Waals surface area contributed by atoms with Crippen molar-refractivity contribution < 1.29 is 4.39 Å². The summed E-state index contributed by atoms with van der Waals surface area (Å²) in [6.45, 7) is 0. The summed E-state index contributed by atoms with van der Waals surface area (Å²) in [5.41, 5.74) is 0.814. The van der Waals surface area contributed by atoms with E-state index in [9.17, 15) is 4.39 Å². The summed E-state index contributed by atoms with van der Waals surface area (Å²) in [6, 6.07) is 5.08. The van der Waals surface area contributed by atoms with Crippen molar-refractivity contribution in [2.45, 2.75) is 0 Å². The number of fused-ring (bicyclic) bond motifs is 1. The minimum absolute atomic E-state index is 0.201. The molecule has 0 saturated carbocycles. The van der Waals surface area contributed by atoms with Crippen LogP contribution in [0.2, 0.25) is 0 Å². The lowest BCUT2D eigenvalue weighted by atomic mass is 10.2. The number of rotatable bonds is 0. The number of nitrogens with zero attached hydrogens (tertiary/aromatic N) is 1. The second kappa shape index (κ2) is 3.49. The molecule has 0 aliphatic rings. The van der Waals surface area contributed by atoms with Gasteiger partial charge in [0.05, 0.1) is 9.09 Å². The molecule has 1 aromatic heterocycles. The first-order valence-corrected chi connectivity index (χ1v) is 5.44. The number of pyridine rings is 1. The SMILES string of the molecule is Fc1cc2cc(Br)cnc2cc1I. The van der Waals surface area contributed by atoms with Crippen LogP contribution >= 0.6 is 38.5 Å². The van der Waals surface area contributed by atoms with Crippen LogP contribution in [0.15, 0.2) is 28.9 Å². The highest BCUT2D eigenvalue weighted by atomic mass is 127. The van der Waals surface area contributed by atoms with Crippen molar-refractivity contribution in [3.8, 4) is 0 Å². The third-order valence-corrected chi connectivity index (χ3v) is 2.95. The van der Waals surface area contributed by atoms with E-state index in [1.54, 1.807) is 12.3 Å². The predicted molar refractivity (Wildman–Crippen MR) is 62.1 cm³/mol. The average molecular weight is 352 g/mol. The smallest absolute Gasteiger partial charge is 0.137 e. The summed E-state index contributed by atoms with van der Waals surface area (Å²) >= 11 is 5.24. The summed E-state index contributed by atoms with van der Waals surface area (Å²) < 4.78 is 14.6. The first-order valence-electron chi connectivity index (χ1n) is 3.57. The van der Waals surface area contributed by atoms with Crippen molar-refractivity contribution in [2.75, 3.05) is 0 Å². The Morgan fingerprint density at radius 2 is 2.08 bits per heavy atom. The van der Waals surface area contributed by atoms with E-state index >= 15 is 0 Å². The first-order chi connectivity index (χ1) is 6.16. The molecule has 1 aromatic carbocycles. The van der Waals surface area contributed by atoms with Crippen LogP contribution in [0.25, 0.3) is 10.9 Å². The van der Waals surface area contributed by atoms with Gasteiger partial charge in [-0.2, -0.15) is 0 Å². The fourth-order valence-corrected chi connectivity index (χ4v) is 1.90. The maximum absolute atomic E-state index is 13.1. The topological polar surface area (TPSA) is 12.9 Å². The molecule has 0 amide bonds. The largest absolute Gasteiger partial charge is 0.255 e. The van der Waals surface area contributed by atoms with Crippen molar-refractivity contribution in [2.24, 2.45) is 0 Å². The highest BCUT2D eigenvalue weighted by Crippen LogP contribution is 2.21. The van der Waals surface area contributed by atoms with Gasteiger partial charge in [-0.05, 0) is 56.7 Å². The molecule has 0 radical (unpaired) electrons. The Bertz CT molecular complexity index is 472. The van der Waals surface area contributed by atoms with Crippen molar-refractivity contribution in [3.05, 3.63) is 38.3 Å². The van der Waals surface area contributed by atoms with Gasteiger partial charge >= 0.3 is 0 Å². The van der Waals surface area contributed by atoms with Crippen molar-refractivity contribution in [3.63, 3.8) is 0 Å². The number of aromatic nitrogens is 1. The summed E-state index contributed by atoms with van der Waals surface area (Å²) in [5, 5.41) is 0.812. The van der Waals surface area contributed by atoms with E-state index in [4.69, 9.17) is 0 Å². The molecular weight excluding hydrogens is 348 g/mol. The van der Waals surface area contributed by atoms with Gasteiger partial charge in [-0.3, -0.25) is 4.98 Å². The van der Waals surface area contributed by atoms with Gasteiger partial charge in [-0.25, -0.2) is 4.39 Å². The monoisotopic (exact) mass is 351 g/mol. The number of halogens is 3. The third kappa shape index (κ3) is 1.83. The Labute approximate surface area is 96.6 Å². The van der Waals surface area contributed by atoms with Gasteiger partial charge < -0.3 is 0 Å². The van der Waals surface area contributed by atoms with E-state index in [1.165, 1.54) is 6.07 Å². The van der Waals surface area contributed by atoms with E-state index in [-0.39, 0.29) is 5.82 Å². The third-order valence-electron chi connectivity index (χ3n) is 1.69. The van der Waals surface area contributed by atoms with Crippen molar-refractivity contribution >= 4 is 49.4 Å². The summed E-state index contributed by atoms with van der Waals surface area (Å²) in [5.74, 6) is -0.201. The van der Waals surface area contributed by atoms with Crippen molar-refractivity contribution in [1.82, 2.24) is 4.98 Å². The van der Waals surface area contributed by atoms with Gasteiger partial charge in [0, 0.05) is 16.1 Å². The van der Waals surface area contributed by atoms with E-state index in [0.29, 0.717) is 3.57 Å². The lowest BCUT2D eigenvalue weighted by Crippen LogP contribution is -1.85. The second-order valence-corrected chi connectivity index (χ2v) is 4.69. The Morgan fingerprint density at radius 3 is 2.85 bits per heavy atom. The molecule has 0 aliphatic carbocycles. The van der Waals surface area contributed by atoms with Crippen LogP contribution in [-0.4, -0.2) is 4.98 Å². The Kier molecular flexibility index (Phi) is 2.51. The van der Waals surface area contributed by atoms with Crippen LogP contribution in [0.4, 0.5) is 4.39 Å².